The van der Waals surface area contributed by atoms with Crippen molar-refractivity contribution in [3.8, 4) is 0 Å². The van der Waals surface area contributed by atoms with Gasteiger partial charge in [0, 0.05) is 5.70 Å². The minimum Gasteiger partial charge on any atom is -0.379 e. The molecule has 0 saturated heterocycles. The van der Waals surface area contributed by atoms with Crippen LogP contribution < -0.4 is 5.32 Å². The van der Waals surface area contributed by atoms with Gasteiger partial charge in [0.2, 0.25) is 0 Å². The summed E-state index contributed by atoms with van der Waals surface area (Å²) in [6.45, 7) is 8.33. The summed E-state index contributed by atoms with van der Waals surface area (Å²) in [7, 11) is 0. The average Bonchev–Trinajstić information content (AvgIpc) is 2.21. The second kappa shape index (κ2) is 8.84. The molecule has 0 aromatic carbocycles. The van der Waals surface area contributed by atoms with E-state index in [2.05, 4.69) is 32.0 Å². The van der Waals surface area contributed by atoms with Crippen LogP contribution in [-0.4, -0.2) is 24.3 Å². The molecular formula is C12H23NOS. The van der Waals surface area contributed by atoms with Gasteiger partial charge in [-0.3, -0.25) is 0 Å². The van der Waals surface area contributed by atoms with Crippen molar-refractivity contribution < 1.29 is 4.79 Å². The zero-order valence-corrected chi connectivity index (χ0v) is 10.9. The molecule has 1 atom stereocenters. The summed E-state index contributed by atoms with van der Waals surface area (Å²) in [4.78, 5) is 10.8. The lowest BCUT2D eigenvalue weighted by atomic mass is 10.1. The van der Waals surface area contributed by atoms with Gasteiger partial charge in [-0.05, 0) is 37.2 Å². The molecule has 0 radical (unpaired) electrons. The molecule has 88 valence electrons. The fraction of sp³-hybridized carbons (Fsp3) is 0.750. The molecule has 1 N–H and O–H groups in total. The van der Waals surface area contributed by atoms with Gasteiger partial charge in [0.25, 0.3) is 0 Å². The summed E-state index contributed by atoms with van der Waals surface area (Å²) in [5.41, 5.74) is 0.988. The Bertz CT molecular complexity index is 192. The van der Waals surface area contributed by atoms with E-state index < -0.39 is 0 Å². The smallest absolute Gasteiger partial charge is 0.142 e. The summed E-state index contributed by atoms with van der Waals surface area (Å²) in [6, 6.07) is -0.0582. The number of hydrogen-bond donors (Lipinski definition) is 1. The molecule has 0 aromatic heterocycles. The second-order valence-electron chi connectivity index (χ2n) is 4.20. The highest BCUT2D eigenvalue weighted by Crippen LogP contribution is 2.09. The lowest BCUT2D eigenvalue weighted by Crippen LogP contribution is -2.30. The van der Waals surface area contributed by atoms with Gasteiger partial charge in [-0.25, -0.2) is 0 Å². The first kappa shape index (κ1) is 14.6. The number of carbonyl (C=O) groups is 1. The minimum atomic E-state index is -0.0582. The molecule has 0 heterocycles. The summed E-state index contributed by atoms with van der Waals surface area (Å²) in [5.74, 6) is 1.69. The highest BCUT2D eigenvalue weighted by Gasteiger charge is 2.07. The predicted octanol–water partition coefficient (Wildman–Crippen LogP) is 2.85. The van der Waals surface area contributed by atoms with Crippen molar-refractivity contribution in [2.75, 3.05) is 12.0 Å². The number of nitrogens with one attached hydrogen (secondary N) is 1. The van der Waals surface area contributed by atoms with Crippen LogP contribution in [0.25, 0.3) is 0 Å². The number of thioether (sulfide) groups is 1. The largest absolute Gasteiger partial charge is 0.379 e. The monoisotopic (exact) mass is 229 g/mol. The lowest BCUT2D eigenvalue weighted by Gasteiger charge is -2.16. The number of hydrogen-bond acceptors (Lipinski definition) is 3. The van der Waals surface area contributed by atoms with Crippen molar-refractivity contribution in [3.63, 3.8) is 0 Å². The second-order valence-corrected chi connectivity index (χ2v) is 5.19. The van der Waals surface area contributed by atoms with Crippen LogP contribution >= 0.6 is 11.8 Å². The van der Waals surface area contributed by atoms with Crippen LogP contribution in [0.3, 0.4) is 0 Å². The number of aldehydes is 1. The van der Waals surface area contributed by atoms with Crippen molar-refractivity contribution >= 4 is 18.0 Å². The molecule has 0 spiro atoms. The van der Waals surface area contributed by atoms with Crippen molar-refractivity contribution in [2.24, 2.45) is 5.92 Å². The molecule has 0 fully saturated rings. The van der Waals surface area contributed by atoms with Gasteiger partial charge in [-0.1, -0.05) is 20.4 Å². The van der Waals surface area contributed by atoms with Gasteiger partial charge in [0.1, 0.15) is 6.29 Å². The Morgan fingerprint density at radius 2 is 2.13 bits per heavy atom. The quantitative estimate of drug-likeness (QED) is 0.616. The molecule has 0 amide bonds. The van der Waals surface area contributed by atoms with Crippen LogP contribution in [-0.2, 0) is 4.79 Å². The third kappa shape index (κ3) is 8.55. The molecule has 0 rings (SSSR count). The molecule has 0 bridgehead atoms. The van der Waals surface area contributed by atoms with Gasteiger partial charge < -0.3 is 10.1 Å². The van der Waals surface area contributed by atoms with Gasteiger partial charge in [-0.2, -0.15) is 11.8 Å². The topological polar surface area (TPSA) is 29.1 Å². The Hall–Kier alpha value is -0.440. The lowest BCUT2D eigenvalue weighted by molar-refractivity contribution is -0.109. The van der Waals surface area contributed by atoms with Crippen LogP contribution in [0.4, 0.5) is 0 Å². The first-order chi connectivity index (χ1) is 7.10. The normalized spacial score (nSPS) is 12.5. The van der Waals surface area contributed by atoms with Crippen molar-refractivity contribution in [1.29, 1.82) is 0 Å². The fourth-order valence-corrected chi connectivity index (χ4v) is 1.71. The average molecular weight is 229 g/mol. The van der Waals surface area contributed by atoms with Crippen LogP contribution in [0.5, 0.6) is 0 Å². The maximum Gasteiger partial charge on any atom is 0.142 e. The number of rotatable bonds is 9. The molecular weight excluding hydrogens is 206 g/mol. The summed E-state index contributed by atoms with van der Waals surface area (Å²) in [5, 5.41) is 3.18. The van der Waals surface area contributed by atoms with E-state index in [-0.39, 0.29) is 6.04 Å². The van der Waals surface area contributed by atoms with E-state index in [1.54, 1.807) is 11.8 Å². The van der Waals surface area contributed by atoms with E-state index in [4.69, 9.17) is 0 Å². The van der Waals surface area contributed by atoms with Crippen LogP contribution in [0.15, 0.2) is 12.3 Å². The van der Waals surface area contributed by atoms with E-state index in [1.165, 1.54) is 0 Å². The summed E-state index contributed by atoms with van der Waals surface area (Å²) < 4.78 is 0. The first-order valence-electron chi connectivity index (χ1n) is 5.48. The van der Waals surface area contributed by atoms with Crippen molar-refractivity contribution in [2.45, 2.75) is 39.2 Å². The van der Waals surface area contributed by atoms with E-state index >= 15 is 0 Å². The zero-order chi connectivity index (χ0) is 11.7. The number of allylic oxidation sites excluding steroid dienone is 1. The van der Waals surface area contributed by atoms with Gasteiger partial charge in [-0.15, -0.1) is 0 Å². The molecule has 3 heteroatoms. The summed E-state index contributed by atoms with van der Waals surface area (Å²) in [6.07, 6.45) is 6.00. The van der Waals surface area contributed by atoms with Crippen molar-refractivity contribution in [3.05, 3.63) is 12.3 Å². The Morgan fingerprint density at radius 3 is 2.60 bits per heavy atom. The van der Waals surface area contributed by atoms with E-state index in [0.29, 0.717) is 5.92 Å². The maximum atomic E-state index is 10.8. The Balaban J connectivity index is 3.75. The minimum absolute atomic E-state index is 0.0582. The molecule has 0 unspecified atom stereocenters. The molecule has 0 aliphatic heterocycles. The third-order valence-corrected chi connectivity index (χ3v) is 2.85. The third-order valence-electron chi connectivity index (χ3n) is 2.21. The maximum absolute atomic E-state index is 10.8. The van der Waals surface area contributed by atoms with Gasteiger partial charge in [0.15, 0.2) is 0 Å². The standard InChI is InChI=1S/C12H23NOS/c1-10(2)5-6-11(3)13-12(9-14)7-8-15-4/h9-10,12-13H,3,5-8H2,1-2,4H3/t12-/m0/s1. The SMILES string of the molecule is C=C(CCC(C)C)N[C@H](C=O)CCSC. The molecule has 15 heavy (non-hydrogen) atoms. The van der Waals surface area contributed by atoms with Gasteiger partial charge in [0.05, 0.1) is 6.04 Å². The van der Waals surface area contributed by atoms with Crippen LogP contribution in [0.1, 0.15) is 33.1 Å². The predicted molar refractivity (Wildman–Crippen MR) is 69.2 cm³/mol. The van der Waals surface area contributed by atoms with Crippen LogP contribution in [0, 0.1) is 5.92 Å². The van der Waals surface area contributed by atoms with E-state index in [1.807, 2.05) is 0 Å². The molecule has 2 nitrogen and oxygen atoms in total. The highest BCUT2D eigenvalue weighted by molar-refractivity contribution is 7.98. The summed E-state index contributed by atoms with van der Waals surface area (Å²) >= 11 is 1.76. The number of carbonyl (C=O) groups excluding carboxylic acids is 1. The van der Waals surface area contributed by atoms with Gasteiger partial charge >= 0.3 is 0 Å². The Morgan fingerprint density at radius 1 is 1.47 bits per heavy atom. The Labute approximate surface area is 97.9 Å². The zero-order valence-electron chi connectivity index (χ0n) is 10.1. The molecule has 0 aliphatic carbocycles. The fourth-order valence-electron chi connectivity index (χ4n) is 1.22. The highest BCUT2D eigenvalue weighted by atomic mass is 32.2. The molecule has 0 aromatic rings. The van der Waals surface area contributed by atoms with Crippen molar-refractivity contribution in [1.82, 2.24) is 5.32 Å². The molecule has 0 saturated carbocycles. The van der Waals surface area contributed by atoms with Crippen LogP contribution in [0.2, 0.25) is 0 Å². The van der Waals surface area contributed by atoms with E-state index in [9.17, 15) is 4.79 Å². The Kier molecular flexibility index (Phi) is 8.58. The first-order valence-corrected chi connectivity index (χ1v) is 6.88. The van der Waals surface area contributed by atoms with E-state index in [0.717, 1.165) is 37.0 Å². The molecule has 0 aliphatic rings.